The topological polar surface area (TPSA) is 9.23 Å². The Balaban J connectivity index is 3.26. The molecule has 0 saturated heterocycles. The van der Waals surface area contributed by atoms with Gasteiger partial charge in [-0.3, -0.25) is 0 Å². The summed E-state index contributed by atoms with van der Waals surface area (Å²) in [6, 6.07) is -1.94. The second-order valence-electron chi connectivity index (χ2n) is 3.56. The number of halogens is 3. The van der Waals surface area contributed by atoms with Gasteiger partial charge in [-0.05, 0) is 30.8 Å². The van der Waals surface area contributed by atoms with Crippen molar-refractivity contribution in [3.8, 4) is 23.7 Å². The Hall–Kier alpha value is -0.0931. The maximum atomic E-state index is 5.72. The van der Waals surface area contributed by atoms with Crippen molar-refractivity contribution >= 4 is 39.2 Å². The maximum Gasteiger partial charge on any atom is 0.343 e. The molecular formula is C13H17Cl3OSi. The Labute approximate surface area is 125 Å². The number of rotatable bonds is 8. The van der Waals surface area contributed by atoms with Gasteiger partial charge in [0.1, 0.15) is 0 Å². The molecule has 0 aliphatic carbocycles. The lowest BCUT2D eigenvalue weighted by atomic mass is 10.2. The van der Waals surface area contributed by atoms with Crippen LogP contribution in [0.2, 0.25) is 6.04 Å². The van der Waals surface area contributed by atoms with Crippen molar-refractivity contribution in [1.82, 2.24) is 0 Å². The van der Waals surface area contributed by atoms with E-state index in [1.807, 2.05) is 0 Å². The summed E-state index contributed by atoms with van der Waals surface area (Å²) in [5.41, 5.74) is 0. The fourth-order valence-electron chi connectivity index (χ4n) is 1.08. The van der Waals surface area contributed by atoms with E-state index in [2.05, 4.69) is 30.3 Å². The lowest BCUT2D eigenvalue weighted by Gasteiger charge is -2.07. The van der Waals surface area contributed by atoms with Crippen molar-refractivity contribution in [2.45, 2.75) is 31.7 Å². The first-order chi connectivity index (χ1) is 8.56. The molecule has 0 rings (SSSR count). The van der Waals surface area contributed by atoms with Crippen LogP contribution in [0.5, 0.6) is 0 Å². The minimum absolute atomic E-state index is 0.541. The molecule has 0 N–H and O–H groups in total. The molecule has 0 spiro atoms. The zero-order chi connectivity index (χ0) is 13.7. The first-order valence-electron chi connectivity index (χ1n) is 5.80. The molecule has 0 aromatic rings. The first kappa shape index (κ1) is 17.9. The molecule has 0 saturated carbocycles. The number of ether oxygens (including phenoxy) is 1. The summed E-state index contributed by atoms with van der Waals surface area (Å²) in [6.07, 6.45) is 5.57. The minimum atomic E-state index is -2.50. The predicted molar refractivity (Wildman–Crippen MR) is 83.2 cm³/mol. The number of allylic oxidation sites excluding steroid dienone is 1. The molecule has 0 aliphatic rings. The molecule has 18 heavy (non-hydrogen) atoms. The van der Waals surface area contributed by atoms with Crippen molar-refractivity contribution < 1.29 is 4.74 Å². The normalized spacial score (nSPS) is 9.94. The molecule has 0 heterocycles. The highest BCUT2D eigenvalue weighted by Gasteiger charge is 2.23. The lowest BCUT2D eigenvalue weighted by Crippen LogP contribution is -2.12. The maximum absolute atomic E-state index is 5.72. The van der Waals surface area contributed by atoms with E-state index in [4.69, 9.17) is 38.0 Å². The van der Waals surface area contributed by atoms with Gasteiger partial charge in [-0.25, -0.2) is 0 Å². The highest BCUT2D eigenvalue weighted by molar-refractivity contribution is 7.64. The monoisotopic (exact) mass is 322 g/mol. The van der Waals surface area contributed by atoms with Gasteiger partial charge in [0.2, 0.25) is 0 Å². The first-order valence-corrected chi connectivity index (χ1v) is 11.0. The molecule has 0 fully saturated rings. The second-order valence-corrected chi connectivity index (χ2v) is 12.8. The molecule has 0 aromatic heterocycles. The van der Waals surface area contributed by atoms with Crippen molar-refractivity contribution in [2.24, 2.45) is 0 Å². The van der Waals surface area contributed by atoms with E-state index in [0.717, 1.165) is 32.3 Å². The smallest absolute Gasteiger partial charge is 0.343 e. The molecule has 0 atom stereocenters. The van der Waals surface area contributed by atoms with Crippen LogP contribution in [0, 0.1) is 23.7 Å². The standard InChI is InChI=1S/C13H17Cl3OSi/c1-2-3-4-5-6-7-8-9-10-11-17-12-13-18(14,15)16/h2H,1,7-13H2. The molecule has 0 radical (unpaired) electrons. The van der Waals surface area contributed by atoms with Gasteiger partial charge in [0.05, 0.1) is 0 Å². The fraction of sp³-hybridized carbons (Fsp3) is 0.538. The van der Waals surface area contributed by atoms with Crippen LogP contribution in [0.1, 0.15) is 25.7 Å². The SMILES string of the molecule is C=CC#CC#CCCCCCOCC[Si](Cl)(Cl)Cl. The van der Waals surface area contributed by atoms with Crippen LogP contribution in [0.3, 0.4) is 0 Å². The van der Waals surface area contributed by atoms with E-state index in [1.54, 1.807) is 0 Å². The molecule has 0 aliphatic heterocycles. The van der Waals surface area contributed by atoms with Gasteiger partial charge in [0, 0.05) is 25.7 Å². The molecular weight excluding hydrogens is 307 g/mol. The van der Waals surface area contributed by atoms with E-state index in [1.165, 1.54) is 6.08 Å². The summed E-state index contributed by atoms with van der Waals surface area (Å²) in [7, 11) is 0. The Bertz CT molecular complexity index is 341. The Morgan fingerprint density at radius 2 is 1.83 bits per heavy atom. The van der Waals surface area contributed by atoms with Crippen LogP contribution in [-0.4, -0.2) is 19.2 Å². The molecule has 0 bridgehead atoms. The summed E-state index contributed by atoms with van der Waals surface area (Å²) in [6.45, 7) is 4.74. The van der Waals surface area contributed by atoms with Crippen LogP contribution in [0.15, 0.2) is 12.7 Å². The molecule has 100 valence electrons. The average Bonchev–Trinajstić information content (AvgIpc) is 2.29. The van der Waals surface area contributed by atoms with Crippen LogP contribution < -0.4 is 0 Å². The van der Waals surface area contributed by atoms with Gasteiger partial charge in [-0.15, -0.1) is 33.2 Å². The summed E-state index contributed by atoms with van der Waals surface area (Å²) >= 11 is 17.2. The number of hydrogen-bond donors (Lipinski definition) is 0. The quantitative estimate of drug-likeness (QED) is 0.278. The predicted octanol–water partition coefficient (Wildman–Crippen LogP) is 4.41. The summed E-state index contributed by atoms with van der Waals surface area (Å²) in [5, 5.41) is 0. The van der Waals surface area contributed by atoms with Gasteiger partial charge in [-0.1, -0.05) is 24.8 Å². The van der Waals surface area contributed by atoms with E-state index in [0.29, 0.717) is 12.7 Å². The van der Waals surface area contributed by atoms with Crippen molar-refractivity contribution in [1.29, 1.82) is 0 Å². The molecule has 0 amide bonds. The van der Waals surface area contributed by atoms with E-state index in [9.17, 15) is 0 Å². The van der Waals surface area contributed by atoms with Crippen LogP contribution in [0.25, 0.3) is 0 Å². The minimum Gasteiger partial charge on any atom is -0.382 e. The van der Waals surface area contributed by atoms with Gasteiger partial charge < -0.3 is 4.74 Å². The van der Waals surface area contributed by atoms with E-state index >= 15 is 0 Å². The Morgan fingerprint density at radius 3 is 2.50 bits per heavy atom. The highest BCUT2D eigenvalue weighted by Crippen LogP contribution is 2.24. The molecule has 0 unspecified atom stereocenters. The number of hydrogen-bond acceptors (Lipinski definition) is 1. The zero-order valence-corrected chi connectivity index (χ0v) is 13.5. The lowest BCUT2D eigenvalue weighted by molar-refractivity contribution is 0.143. The Morgan fingerprint density at radius 1 is 1.06 bits per heavy atom. The van der Waals surface area contributed by atoms with Gasteiger partial charge in [0.15, 0.2) is 0 Å². The third-order valence-corrected chi connectivity index (χ3v) is 4.42. The molecule has 0 aromatic carbocycles. The van der Waals surface area contributed by atoms with Crippen molar-refractivity contribution in [3.05, 3.63) is 12.7 Å². The largest absolute Gasteiger partial charge is 0.382 e. The zero-order valence-electron chi connectivity index (χ0n) is 10.3. The van der Waals surface area contributed by atoms with Gasteiger partial charge >= 0.3 is 6.00 Å². The van der Waals surface area contributed by atoms with Crippen LogP contribution >= 0.6 is 33.2 Å². The fourth-order valence-corrected chi connectivity index (χ4v) is 2.15. The third-order valence-electron chi connectivity index (χ3n) is 1.95. The summed E-state index contributed by atoms with van der Waals surface area (Å²) < 4.78 is 5.38. The van der Waals surface area contributed by atoms with Gasteiger partial charge in [0.25, 0.3) is 0 Å². The highest BCUT2D eigenvalue weighted by atomic mass is 35.8. The van der Waals surface area contributed by atoms with Crippen molar-refractivity contribution in [3.63, 3.8) is 0 Å². The molecule has 1 nitrogen and oxygen atoms in total. The third kappa shape index (κ3) is 15.9. The number of unbranched alkanes of at least 4 members (excludes halogenated alkanes) is 3. The van der Waals surface area contributed by atoms with Crippen molar-refractivity contribution in [2.75, 3.05) is 13.2 Å². The van der Waals surface area contributed by atoms with Crippen LogP contribution in [0.4, 0.5) is 0 Å². The summed E-state index contributed by atoms with van der Waals surface area (Å²) in [5.74, 6) is 11.1. The Kier molecular flexibility index (Phi) is 11.9. The summed E-state index contributed by atoms with van der Waals surface area (Å²) in [4.78, 5) is 0. The van der Waals surface area contributed by atoms with E-state index < -0.39 is 6.00 Å². The van der Waals surface area contributed by atoms with Crippen LogP contribution in [-0.2, 0) is 4.74 Å². The van der Waals surface area contributed by atoms with E-state index in [-0.39, 0.29) is 0 Å². The van der Waals surface area contributed by atoms with Gasteiger partial charge in [-0.2, -0.15) is 0 Å². The molecule has 5 heteroatoms. The average molecular weight is 324 g/mol. The second kappa shape index (κ2) is 12.0.